The number of allylic oxidation sites excluding steroid dienone is 1. The molecule has 0 aliphatic heterocycles. The van der Waals surface area contributed by atoms with E-state index >= 15 is 0 Å². The molecule has 1 aromatic heterocycles. The van der Waals surface area contributed by atoms with E-state index in [1.165, 1.54) is 13.0 Å². The molecule has 2 N–H and O–H groups in total. The van der Waals surface area contributed by atoms with Crippen LogP contribution in [0.1, 0.15) is 18.3 Å². The minimum absolute atomic E-state index is 0.238. The molecular weight excluding hydrogens is 163 g/mol. The smallest absolute Gasteiger partial charge is 0.175 e. The second-order valence-corrected chi connectivity index (χ2v) is 2.76. The van der Waals surface area contributed by atoms with E-state index in [2.05, 4.69) is 9.97 Å². The lowest BCUT2D eigenvalue weighted by molar-refractivity contribution is 0.648. The van der Waals surface area contributed by atoms with Gasteiger partial charge in [-0.2, -0.15) is 0 Å². The zero-order valence-electron chi connectivity index (χ0n) is 6.36. The van der Waals surface area contributed by atoms with Crippen molar-refractivity contribution in [3.8, 4) is 0 Å². The number of H-pyrrole nitrogens is 2. The van der Waals surface area contributed by atoms with Crippen molar-refractivity contribution < 1.29 is 4.39 Å². The fourth-order valence-electron chi connectivity index (χ4n) is 0.828. The van der Waals surface area contributed by atoms with Crippen molar-refractivity contribution in [2.24, 2.45) is 0 Å². The first-order chi connectivity index (χ1) is 5.09. The van der Waals surface area contributed by atoms with Gasteiger partial charge in [0.05, 0.1) is 11.5 Å². The molecule has 1 heterocycles. The van der Waals surface area contributed by atoms with Crippen molar-refractivity contribution in [3.63, 3.8) is 0 Å². The van der Waals surface area contributed by atoms with Crippen molar-refractivity contribution in [2.75, 3.05) is 0 Å². The van der Waals surface area contributed by atoms with Gasteiger partial charge < -0.3 is 9.97 Å². The van der Waals surface area contributed by atoms with Gasteiger partial charge in [0.15, 0.2) is 4.77 Å². The molecule has 0 amide bonds. The maximum atomic E-state index is 12.4. The molecule has 11 heavy (non-hydrogen) atoms. The number of hydrogen-bond donors (Lipinski definition) is 2. The Morgan fingerprint density at radius 1 is 1.55 bits per heavy atom. The number of aryl methyl sites for hydroxylation is 1. The molecule has 0 aromatic carbocycles. The zero-order valence-corrected chi connectivity index (χ0v) is 7.18. The Morgan fingerprint density at radius 2 is 2.18 bits per heavy atom. The standard InChI is InChI=1S/C7H9FN2S/c1-4(8)3-6-5(2)9-7(11)10-6/h3H,1-2H3,(H2,9,10,11)/b4-3+. The van der Waals surface area contributed by atoms with Gasteiger partial charge in [-0.15, -0.1) is 0 Å². The van der Waals surface area contributed by atoms with Gasteiger partial charge in [0, 0.05) is 5.69 Å². The van der Waals surface area contributed by atoms with Crippen LogP contribution in [0, 0.1) is 11.7 Å². The van der Waals surface area contributed by atoms with Crippen molar-refractivity contribution in [1.29, 1.82) is 0 Å². The highest BCUT2D eigenvalue weighted by molar-refractivity contribution is 7.71. The van der Waals surface area contributed by atoms with Gasteiger partial charge in [0.25, 0.3) is 0 Å². The molecule has 0 fully saturated rings. The van der Waals surface area contributed by atoms with Gasteiger partial charge in [-0.1, -0.05) is 0 Å². The number of aromatic amines is 2. The maximum absolute atomic E-state index is 12.4. The summed E-state index contributed by atoms with van der Waals surface area (Å²) in [5.41, 5.74) is 1.56. The number of aromatic nitrogens is 2. The number of imidazole rings is 1. The third-order valence-electron chi connectivity index (χ3n) is 1.30. The van der Waals surface area contributed by atoms with E-state index in [1.807, 2.05) is 6.92 Å². The molecule has 1 rings (SSSR count). The molecule has 0 unspecified atom stereocenters. The van der Waals surface area contributed by atoms with Crippen molar-refractivity contribution in [1.82, 2.24) is 9.97 Å². The van der Waals surface area contributed by atoms with E-state index in [9.17, 15) is 4.39 Å². The van der Waals surface area contributed by atoms with Gasteiger partial charge >= 0.3 is 0 Å². The van der Waals surface area contributed by atoms with Crippen LogP contribution in [0.5, 0.6) is 0 Å². The number of rotatable bonds is 1. The monoisotopic (exact) mass is 172 g/mol. The third kappa shape index (κ3) is 2.01. The average molecular weight is 172 g/mol. The van der Waals surface area contributed by atoms with E-state index in [4.69, 9.17) is 12.2 Å². The maximum Gasteiger partial charge on any atom is 0.175 e. The molecule has 0 saturated heterocycles. The van der Waals surface area contributed by atoms with E-state index in [0.29, 0.717) is 10.5 Å². The van der Waals surface area contributed by atoms with Crippen molar-refractivity contribution in [3.05, 3.63) is 22.0 Å². The van der Waals surface area contributed by atoms with Crippen LogP contribution >= 0.6 is 12.2 Å². The van der Waals surface area contributed by atoms with Crippen LogP contribution in [-0.2, 0) is 0 Å². The lowest BCUT2D eigenvalue weighted by atomic mass is 10.3. The molecule has 2 nitrogen and oxygen atoms in total. The van der Waals surface area contributed by atoms with Crippen molar-refractivity contribution in [2.45, 2.75) is 13.8 Å². The Kier molecular flexibility index (Phi) is 2.24. The second-order valence-electron chi connectivity index (χ2n) is 2.35. The fraction of sp³-hybridized carbons (Fsp3) is 0.286. The van der Waals surface area contributed by atoms with Crippen LogP contribution in [-0.4, -0.2) is 9.97 Å². The Bertz CT molecular complexity index is 330. The third-order valence-corrected chi connectivity index (χ3v) is 1.50. The number of hydrogen-bond acceptors (Lipinski definition) is 1. The number of halogens is 1. The molecule has 4 heteroatoms. The second kappa shape index (κ2) is 3.00. The number of nitrogens with one attached hydrogen (secondary N) is 2. The van der Waals surface area contributed by atoms with Crippen LogP contribution in [0.25, 0.3) is 6.08 Å². The summed E-state index contributed by atoms with van der Waals surface area (Å²) in [5, 5.41) is 0. The van der Waals surface area contributed by atoms with Crippen molar-refractivity contribution >= 4 is 18.3 Å². The summed E-state index contributed by atoms with van der Waals surface area (Å²) in [4.78, 5) is 5.68. The Labute approximate surface area is 69.2 Å². The first-order valence-corrected chi connectivity index (χ1v) is 3.63. The summed E-state index contributed by atoms with van der Waals surface area (Å²) in [6.07, 6.45) is 1.40. The Balaban J connectivity index is 3.14. The van der Waals surface area contributed by atoms with E-state index < -0.39 is 0 Å². The lowest BCUT2D eigenvalue weighted by Crippen LogP contribution is -1.76. The van der Waals surface area contributed by atoms with Gasteiger partial charge in [-0.3, -0.25) is 0 Å². The van der Waals surface area contributed by atoms with E-state index in [-0.39, 0.29) is 5.83 Å². The van der Waals surface area contributed by atoms with E-state index in [0.717, 1.165) is 5.69 Å². The highest BCUT2D eigenvalue weighted by Crippen LogP contribution is 2.08. The molecule has 0 bridgehead atoms. The predicted molar refractivity (Wildman–Crippen MR) is 45.5 cm³/mol. The molecule has 0 spiro atoms. The van der Waals surface area contributed by atoms with Crippen LogP contribution in [0.15, 0.2) is 5.83 Å². The van der Waals surface area contributed by atoms with Gasteiger partial charge in [-0.05, 0) is 32.1 Å². The summed E-state index contributed by atoms with van der Waals surface area (Å²) in [5.74, 6) is -0.238. The lowest BCUT2D eigenvalue weighted by Gasteiger charge is -1.87. The summed E-state index contributed by atoms with van der Waals surface area (Å²) in [6, 6.07) is 0. The van der Waals surface area contributed by atoms with Crippen LogP contribution < -0.4 is 0 Å². The van der Waals surface area contributed by atoms with E-state index in [1.54, 1.807) is 0 Å². The highest BCUT2D eigenvalue weighted by atomic mass is 32.1. The normalized spacial score (nSPS) is 12.1. The first kappa shape index (κ1) is 8.20. The molecule has 0 saturated carbocycles. The molecule has 0 aliphatic carbocycles. The zero-order chi connectivity index (χ0) is 8.43. The molecule has 60 valence electrons. The fourth-order valence-corrected chi connectivity index (χ4v) is 1.09. The molecule has 0 aliphatic rings. The first-order valence-electron chi connectivity index (χ1n) is 3.22. The summed E-state index contributed by atoms with van der Waals surface area (Å²) in [6.45, 7) is 3.23. The largest absolute Gasteiger partial charge is 0.334 e. The summed E-state index contributed by atoms with van der Waals surface area (Å²) < 4.78 is 12.9. The SMILES string of the molecule is C/C(F)=C\c1[nH]c(=S)[nH]c1C. The predicted octanol–water partition coefficient (Wildman–Crippen LogP) is 2.71. The highest BCUT2D eigenvalue weighted by Gasteiger charge is 1.96. The van der Waals surface area contributed by atoms with Gasteiger partial charge in [0.1, 0.15) is 0 Å². The van der Waals surface area contributed by atoms with Crippen LogP contribution in [0.2, 0.25) is 0 Å². The summed E-state index contributed by atoms with van der Waals surface area (Å²) in [7, 11) is 0. The quantitative estimate of drug-likeness (QED) is 0.627. The minimum Gasteiger partial charge on any atom is -0.334 e. The van der Waals surface area contributed by atoms with Gasteiger partial charge in [0.2, 0.25) is 0 Å². The summed E-state index contributed by atoms with van der Waals surface area (Å²) >= 11 is 4.81. The average Bonchev–Trinajstić information content (AvgIpc) is 2.09. The minimum atomic E-state index is -0.238. The molecule has 0 radical (unpaired) electrons. The van der Waals surface area contributed by atoms with Gasteiger partial charge in [-0.25, -0.2) is 4.39 Å². The Hall–Kier alpha value is -0.900. The van der Waals surface area contributed by atoms with Crippen LogP contribution in [0.3, 0.4) is 0 Å². The molecule has 0 atom stereocenters. The molecular formula is C7H9FN2S. The molecule has 1 aromatic rings. The Morgan fingerprint density at radius 3 is 2.55 bits per heavy atom. The topological polar surface area (TPSA) is 31.6 Å². The van der Waals surface area contributed by atoms with Crippen LogP contribution in [0.4, 0.5) is 4.39 Å².